The summed E-state index contributed by atoms with van der Waals surface area (Å²) in [6.45, 7) is 3.78. The molecule has 1 unspecified atom stereocenters. The Morgan fingerprint density at radius 1 is 1.50 bits per heavy atom. The number of aliphatic carboxylic acids is 1. The molecular weight excluding hydrogens is 156 g/mol. The Bertz CT molecular complexity index is 161. The lowest BCUT2D eigenvalue weighted by molar-refractivity contribution is -0.141. The van der Waals surface area contributed by atoms with E-state index in [2.05, 4.69) is 13.8 Å². The van der Waals surface area contributed by atoms with E-state index in [0.29, 0.717) is 5.92 Å². The number of aliphatic hydroxyl groups is 1. The average molecular weight is 172 g/mol. The molecule has 12 heavy (non-hydrogen) atoms. The lowest BCUT2D eigenvalue weighted by atomic mass is 10.1. The molecule has 0 aliphatic carbocycles. The number of carboxylic acids is 1. The number of carboxylic acid groups (broad SMARTS) is 1. The van der Waals surface area contributed by atoms with E-state index < -0.39 is 11.9 Å². The smallest absolute Gasteiger partial charge is 0.312 e. The van der Waals surface area contributed by atoms with Crippen molar-refractivity contribution in [3.05, 3.63) is 12.2 Å². The molecule has 0 bridgehead atoms. The minimum absolute atomic E-state index is 0.329. The predicted molar refractivity (Wildman–Crippen MR) is 46.8 cm³/mol. The zero-order valence-corrected chi connectivity index (χ0v) is 7.53. The van der Waals surface area contributed by atoms with Crippen LogP contribution in [0.25, 0.3) is 0 Å². The molecule has 0 amide bonds. The van der Waals surface area contributed by atoms with Crippen LogP contribution in [0, 0.1) is 11.8 Å². The number of hydrogen-bond acceptors (Lipinski definition) is 2. The van der Waals surface area contributed by atoms with Crippen LogP contribution in [0.5, 0.6) is 0 Å². The number of allylic oxidation sites excluding steroid dienone is 1. The average Bonchev–Trinajstić information content (AvgIpc) is 1.96. The van der Waals surface area contributed by atoms with Gasteiger partial charge in [0.15, 0.2) is 0 Å². The molecule has 0 aliphatic heterocycles. The van der Waals surface area contributed by atoms with Gasteiger partial charge in [0.05, 0.1) is 12.5 Å². The van der Waals surface area contributed by atoms with Crippen molar-refractivity contribution in [3.8, 4) is 0 Å². The van der Waals surface area contributed by atoms with Crippen molar-refractivity contribution in [3.63, 3.8) is 0 Å². The van der Waals surface area contributed by atoms with Gasteiger partial charge in [0.25, 0.3) is 0 Å². The van der Waals surface area contributed by atoms with Gasteiger partial charge in [0, 0.05) is 0 Å². The first-order valence-corrected chi connectivity index (χ1v) is 4.08. The number of carbonyl (C=O) groups is 1. The second kappa shape index (κ2) is 5.77. The summed E-state index contributed by atoms with van der Waals surface area (Å²) in [5.74, 6) is -1.20. The third-order valence-corrected chi connectivity index (χ3v) is 1.49. The summed E-state index contributed by atoms with van der Waals surface area (Å²) >= 11 is 0. The fourth-order valence-corrected chi connectivity index (χ4v) is 0.736. The Morgan fingerprint density at radius 2 is 2.08 bits per heavy atom. The highest BCUT2D eigenvalue weighted by Crippen LogP contribution is 2.04. The molecule has 0 heterocycles. The molecule has 0 spiro atoms. The third-order valence-electron chi connectivity index (χ3n) is 1.49. The molecule has 3 heteroatoms. The van der Waals surface area contributed by atoms with E-state index in [1.54, 1.807) is 12.2 Å². The van der Waals surface area contributed by atoms with Crippen molar-refractivity contribution in [1.82, 2.24) is 0 Å². The van der Waals surface area contributed by atoms with Gasteiger partial charge < -0.3 is 10.2 Å². The van der Waals surface area contributed by atoms with Gasteiger partial charge in [-0.25, -0.2) is 0 Å². The second-order valence-electron chi connectivity index (χ2n) is 3.19. The quantitative estimate of drug-likeness (QED) is 0.614. The van der Waals surface area contributed by atoms with Crippen LogP contribution in [-0.2, 0) is 4.79 Å². The zero-order chi connectivity index (χ0) is 9.56. The molecule has 0 aliphatic rings. The van der Waals surface area contributed by atoms with E-state index in [1.165, 1.54) is 0 Å². The first-order chi connectivity index (χ1) is 5.57. The van der Waals surface area contributed by atoms with E-state index in [-0.39, 0.29) is 6.61 Å². The maximum atomic E-state index is 10.4. The van der Waals surface area contributed by atoms with Gasteiger partial charge in [-0.3, -0.25) is 4.79 Å². The number of rotatable bonds is 5. The van der Waals surface area contributed by atoms with Crippen molar-refractivity contribution in [2.24, 2.45) is 11.8 Å². The molecule has 1 atom stereocenters. The summed E-state index contributed by atoms with van der Waals surface area (Å²) in [5.41, 5.74) is 0. The van der Waals surface area contributed by atoms with Crippen LogP contribution < -0.4 is 0 Å². The Balaban J connectivity index is 3.85. The summed E-state index contributed by atoms with van der Waals surface area (Å²) in [5, 5.41) is 17.2. The van der Waals surface area contributed by atoms with Crippen LogP contribution in [0.2, 0.25) is 0 Å². The van der Waals surface area contributed by atoms with Crippen LogP contribution in [0.1, 0.15) is 20.3 Å². The molecule has 0 rings (SSSR count). The Hall–Kier alpha value is -0.830. The van der Waals surface area contributed by atoms with Gasteiger partial charge in [0.1, 0.15) is 0 Å². The van der Waals surface area contributed by atoms with Crippen molar-refractivity contribution in [2.75, 3.05) is 6.61 Å². The summed E-state index contributed by atoms with van der Waals surface area (Å²) in [6, 6.07) is 0. The molecule has 0 aromatic rings. The molecular formula is C9H16O3. The molecule has 0 fully saturated rings. The standard InChI is InChI=1S/C9H16O3/c1-7(2)4-3-5-8(6-10)9(11)12/h3,5,7-8,10H,4,6H2,1-2H3,(H,11,12)/b5-3+. The monoisotopic (exact) mass is 172 g/mol. The van der Waals surface area contributed by atoms with Crippen LogP contribution in [0.4, 0.5) is 0 Å². The maximum Gasteiger partial charge on any atom is 0.312 e. The Kier molecular flexibility index (Phi) is 5.37. The Labute approximate surface area is 72.7 Å². The van der Waals surface area contributed by atoms with Crippen molar-refractivity contribution in [2.45, 2.75) is 20.3 Å². The van der Waals surface area contributed by atoms with Crippen molar-refractivity contribution < 1.29 is 15.0 Å². The van der Waals surface area contributed by atoms with Gasteiger partial charge in [-0.15, -0.1) is 0 Å². The lowest BCUT2D eigenvalue weighted by Crippen LogP contribution is -2.14. The van der Waals surface area contributed by atoms with E-state index in [0.717, 1.165) is 6.42 Å². The van der Waals surface area contributed by atoms with Crippen LogP contribution in [-0.4, -0.2) is 22.8 Å². The normalized spacial score (nSPS) is 14.0. The third kappa shape index (κ3) is 4.91. The van der Waals surface area contributed by atoms with E-state index >= 15 is 0 Å². The topological polar surface area (TPSA) is 57.5 Å². The highest BCUT2D eigenvalue weighted by molar-refractivity contribution is 5.72. The Morgan fingerprint density at radius 3 is 2.42 bits per heavy atom. The largest absolute Gasteiger partial charge is 0.481 e. The highest BCUT2D eigenvalue weighted by atomic mass is 16.4. The van der Waals surface area contributed by atoms with Gasteiger partial charge in [-0.1, -0.05) is 26.0 Å². The van der Waals surface area contributed by atoms with Gasteiger partial charge >= 0.3 is 5.97 Å². The minimum atomic E-state index is -0.975. The first-order valence-electron chi connectivity index (χ1n) is 4.08. The van der Waals surface area contributed by atoms with Crippen molar-refractivity contribution in [1.29, 1.82) is 0 Å². The SMILES string of the molecule is CC(C)C/C=C/C(CO)C(=O)O. The fraction of sp³-hybridized carbons (Fsp3) is 0.667. The fourth-order valence-electron chi connectivity index (χ4n) is 0.736. The summed E-state index contributed by atoms with van der Waals surface area (Å²) < 4.78 is 0. The number of hydrogen-bond donors (Lipinski definition) is 2. The molecule has 2 N–H and O–H groups in total. The zero-order valence-electron chi connectivity index (χ0n) is 7.53. The maximum absolute atomic E-state index is 10.4. The molecule has 0 aromatic carbocycles. The highest BCUT2D eigenvalue weighted by Gasteiger charge is 2.10. The van der Waals surface area contributed by atoms with Gasteiger partial charge in [0.2, 0.25) is 0 Å². The first kappa shape index (κ1) is 11.2. The van der Waals surface area contributed by atoms with Crippen molar-refractivity contribution >= 4 is 5.97 Å². The van der Waals surface area contributed by atoms with E-state index in [4.69, 9.17) is 10.2 Å². The molecule has 3 nitrogen and oxygen atoms in total. The lowest BCUT2D eigenvalue weighted by Gasteiger charge is -2.02. The molecule has 70 valence electrons. The summed E-state index contributed by atoms with van der Waals surface area (Å²) in [7, 11) is 0. The second-order valence-corrected chi connectivity index (χ2v) is 3.19. The van der Waals surface area contributed by atoms with E-state index in [1.807, 2.05) is 0 Å². The summed E-state index contributed by atoms with van der Waals surface area (Å²) in [6.07, 6.45) is 4.20. The van der Waals surface area contributed by atoms with Crippen LogP contribution in [0.3, 0.4) is 0 Å². The number of aliphatic hydroxyl groups excluding tert-OH is 1. The molecule has 0 saturated carbocycles. The van der Waals surface area contributed by atoms with Crippen LogP contribution in [0.15, 0.2) is 12.2 Å². The minimum Gasteiger partial charge on any atom is -0.481 e. The van der Waals surface area contributed by atoms with Crippen LogP contribution >= 0.6 is 0 Å². The molecule has 0 radical (unpaired) electrons. The van der Waals surface area contributed by atoms with Gasteiger partial charge in [-0.2, -0.15) is 0 Å². The molecule has 0 aromatic heterocycles. The predicted octanol–water partition coefficient (Wildman–Crippen LogP) is 1.28. The summed E-state index contributed by atoms with van der Waals surface area (Å²) in [4.78, 5) is 10.4. The molecule has 0 saturated heterocycles. The van der Waals surface area contributed by atoms with E-state index in [9.17, 15) is 4.79 Å². The van der Waals surface area contributed by atoms with Gasteiger partial charge in [-0.05, 0) is 12.3 Å².